The quantitative estimate of drug-likeness (QED) is 0.836. The predicted molar refractivity (Wildman–Crippen MR) is 79.2 cm³/mol. The number of hydrogen-bond acceptors (Lipinski definition) is 2. The largest absolute Gasteiger partial charge is 0.375 e. The summed E-state index contributed by atoms with van der Waals surface area (Å²) < 4.78 is 6.10. The zero-order chi connectivity index (χ0) is 13.3. The van der Waals surface area contributed by atoms with E-state index in [-0.39, 0.29) is 0 Å². The molecule has 0 aromatic carbocycles. The summed E-state index contributed by atoms with van der Waals surface area (Å²) in [7, 11) is 2.19. The highest BCUT2D eigenvalue weighted by atomic mass is 16.5. The molecule has 2 saturated carbocycles. The van der Waals surface area contributed by atoms with E-state index < -0.39 is 0 Å². The maximum absolute atomic E-state index is 6.10. The van der Waals surface area contributed by atoms with E-state index in [9.17, 15) is 0 Å². The van der Waals surface area contributed by atoms with Crippen LogP contribution < -0.4 is 5.32 Å². The van der Waals surface area contributed by atoms with E-state index in [0.29, 0.717) is 5.60 Å². The lowest BCUT2D eigenvalue weighted by molar-refractivity contribution is -0.148. The topological polar surface area (TPSA) is 21.3 Å². The van der Waals surface area contributed by atoms with Crippen LogP contribution >= 0.6 is 0 Å². The van der Waals surface area contributed by atoms with Crippen LogP contribution in [0.3, 0.4) is 0 Å². The van der Waals surface area contributed by atoms with Crippen LogP contribution in [0.15, 0.2) is 0 Å². The Labute approximate surface area is 118 Å². The molecule has 110 valence electrons. The van der Waals surface area contributed by atoms with Gasteiger partial charge in [-0.25, -0.2) is 0 Å². The molecule has 19 heavy (non-hydrogen) atoms. The van der Waals surface area contributed by atoms with Crippen molar-refractivity contribution in [3.05, 3.63) is 0 Å². The Morgan fingerprint density at radius 1 is 1.21 bits per heavy atom. The summed E-state index contributed by atoms with van der Waals surface area (Å²) in [6.07, 6.45) is 12.4. The summed E-state index contributed by atoms with van der Waals surface area (Å²) in [4.78, 5) is 0. The first-order valence-corrected chi connectivity index (χ1v) is 8.57. The minimum absolute atomic E-state index is 0.306. The molecule has 4 unspecified atom stereocenters. The van der Waals surface area contributed by atoms with E-state index in [1.807, 2.05) is 0 Å². The van der Waals surface area contributed by atoms with Gasteiger partial charge in [0.15, 0.2) is 0 Å². The molecule has 2 aliphatic carbocycles. The average molecular weight is 265 g/mol. The summed E-state index contributed by atoms with van der Waals surface area (Å²) in [5.74, 6) is 2.79. The maximum atomic E-state index is 6.10. The monoisotopic (exact) mass is 265 g/mol. The molecule has 1 saturated heterocycles. The third kappa shape index (κ3) is 2.71. The minimum Gasteiger partial charge on any atom is -0.375 e. The van der Waals surface area contributed by atoms with Gasteiger partial charge in [-0.1, -0.05) is 19.8 Å². The molecule has 1 N–H and O–H groups in total. The van der Waals surface area contributed by atoms with E-state index in [0.717, 1.165) is 30.4 Å². The number of hydrogen-bond donors (Lipinski definition) is 1. The summed E-state index contributed by atoms with van der Waals surface area (Å²) in [6, 6.07) is 0.748. The SMILES string of the molecule is CCC1CCC(C(NC)C2CCOC3(CCC3)C2)C1. The van der Waals surface area contributed by atoms with Crippen LogP contribution in [0.4, 0.5) is 0 Å². The van der Waals surface area contributed by atoms with Crippen molar-refractivity contribution in [2.24, 2.45) is 17.8 Å². The molecule has 0 amide bonds. The van der Waals surface area contributed by atoms with Gasteiger partial charge in [-0.3, -0.25) is 0 Å². The molecule has 0 aromatic heterocycles. The van der Waals surface area contributed by atoms with Gasteiger partial charge < -0.3 is 10.1 Å². The molecule has 3 aliphatic rings. The van der Waals surface area contributed by atoms with Gasteiger partial charge in [0, 0.05) is 12.6 Å². The van der Waals surface area contributed by atoms with Crippen molar-refractivity contribution < 1.29 is 4.74 Å². The third-order valence-corrected chi connectivity index (χ3v) is 6.30. The highest BCUT2D eigenvalue weighted by Crippen LogP contribution is 2.47. The molecule has 3 rings (SSSR count). The van der Waals surface area contributed by atoms with Gasteiger partial charge in [0.25, 0.3) is 0 Å². The van der Waals surface area contributed by atoms with Gasteiger partial charge >= 0.3 is 0 Å². The first kappa shape index (κ1) is 13.9. The van der Waals surface area contributed by atoms with Crippen molar-refractivity contribution in [3.8, 4) is 0 Å². The van der Waals surface area contributed by atoms with E-state index in [1.54, 1.807) is 0 Å². The van der Waals surface area contributed by atoms with E-state index in [2.05, 4.69) is 19.3 Å². The fourth-order valence-electron chi connectivity index (χ4n) is 4.96. The van der Waals surface area contributed by atoms with E-state index in [4.69, 9.17) is 4.74 Å². The molecular weight excluding hydrogens is 234 g/mol. The van der Waals surface area contributed by atoms with Gasteiger partial charge in [-0.15, -0.1) is 0 Å². The molecule has 2 heteroatoms. The molecule has 4 atom stereocenters. The summed E-state index contributed by atoms with van der Waals surface area (Å²) in [5, 5.41) is 3.69. The third-order valence-electron chi connectivity index (χ3n) is 6.30. The first-order valence-electron chi connectivity index (χ1n) is 8.57. The van der Waals surface area contributed by atoms with Crippen molar-refractivity contribution in [1.82, 2.24) is 5.32 Å². The van der Waals surface area contributed by atoms with Crippen molar-refractivity contribution in [2.75, 3.05) is 13.7 Å². The van der Waals surface area contributed by atoms with Gasteiger partial charge in [0.05, 0.1) is 5.60 Å². The van der Waals surface area contributed by atoms with Crippen molar-refractivity contribution in [3.63, 3.8) is 0 Å². The molecule has 0 bridgehead atoms. The minimum atomic E-state index is 0.306. The normalized spacial score (nSPS) is 39.2. The van der Waals surface area contributed by atoms with Crippen LogP contribution in [0.2, 0.25) is 0 Å². The van der Waals surface area contributed by atoms with E-state index >= 15 is 0 Å². The summed E-state index contributed by atoms with van der Waals surface area (Å²) in [6.45, 7) is 3.37. The molecule has 1 spiro atoms. The van der Waals surface area contributed by atoms with Gasteiger partial charge in [0.2, 0.25) is 0 Å². The second-order valence-electron chi connectivity index (χ2n) is 7.30. The predicted octanol–water partition coefficient (Wildman–Crippen LogP) is 3.75. The van der Waals surface area contributed by atoms with Crippen LogP contribution in [0.1, 0.15) is 64.7 Å². The molecule has 2 nitrogen and oxygen atoms in total. The Kier molecular flexibility index (Phi) is 4.19. The Balaban J connectivity index is 1.61. The molecule has 0 aromatic rings. The van der Waals surface area contributed by atoms with Crippen molar-refractivity contribution >= 4 is 0 Å². The smallest absolute Gasteiger partial charge is 0.0685 e. The van der Waals surface area contributed by atoms with Gasteiger partial charge in [-0.2, -0.15) is 0 Å². The second-order valence-corrected chi connectivity index (χ2v) is 7.30. The van der Waals surface area contributed by atoms with Gasteiger partial charge in [0.1, 0.15) is 0 Å². The Morgan fingerprint density at radius 2 is 2.05 bits per heavy atom. The van der Waals surface area contributed by atoms with Crippen molar-refractivity contribution in [2.45, 2.75) is 76.4 Å². The van der Waals surface area contributed by atoms with E-state index in [1.165, 1.54) is 57.8 Å². The molecule has 0 radical (unpaired) electrons. The fourth-order valence-corrected chi connectivity index (χ4v) is 4.96. The highest BCUT2D eigenvalue weighted by Gasteiger charge is 2.45. The Bertz CT molecular complexity index is 300. The molecule has 1 aliphatic heterocycles. The first-order chi connectivity index (χ1) is 9.26. The van der Waals surface area contributed by atoms with Crippen LogP contribution in [0.5, 0.6) is 0 Å². The van der Waals surface area contributed by atoms with Crippen LogP contribution in [0.25, 0.3) is 0 Å². The summed E-state index contributed by atoms with van der Waals surface area (Å²) in [5.41, 5.74) is 0.306. The fraction of sp³-hybridized carbons (Fsp3) is 1.00. The van der Waals surface area contributed by atoms with Crippen LogP contribution in [-0.4, -0.2) is 25.3 Å². The molecular formula is C17H31NO. The zero-order valence-electron chi connectivity index (χ0n) is 12.8. The maximum Gasteiger partial charge on any atom is 0.0685 e. The highest BCUT2D eigenvalue weighted by molar-refractivity contribution is 4.98. The van der Waals surface area contributed by atoms with Crippen molar-refractivity contribution in [1.29, 1.82) is 0 Å². The standard InChI is InChI=1S/C17H31NO/c1-3-13-5-6-14(11-13)16(18-2)15-7-10-19-17(12-15)8-4-9-17/h13-16,18H,3-12H2,1-2H3. The van der Waals surface area contributed by atoms with Crippen LogP contribution in [0, 0.1) is 17.8 Å². The molecule has 3 fully saturated rings. The Hall–Kier alpha value is -0.0800. The van der Waals surface area contributed by atoms with Crippen LogP contribution in [-0.2, 0) is 4.74 Å². The Morgan fingerprint density at radius 3 is 2.63 bits per heavy atom. The number of rotatable bonds is 4. The average Bonchev–Trinajstić information content (AvgIpc) is 2.87. The number of nitrogens with one attached hydrogen (secondary N) is 1. The summed E-state index contributed by atoms with van der Waals surface area (Å²) >= 11 is 0. The number of ether oxygens (including phenoxy) is 1. The lowest BCUT2D eigenvalue weighted by Crippen LogP contribution is -2.51. The van der Waals surface area contributed by atoms with Gasteiger partial charge in [-0.05, 0) is 69.7 Å². The lowest BCUT2D eigenvalue weighted by atomic mass is 9.68. The lowest BCUT2D eigenvalue weighted by Gasteiger charge is -2.49. The zero-order valence-corrected chi connectivity index (χ0v) is 12.8. The second kappa shape index (κ2) is 5.73. The molecule has 1 heterocycles.